The van der Waals surface area contributed by atoms with Crippen LogP contribution in [0.25, 0.3) is 0 Å². The summed E-state index contributed by atoms with van der Waals surface area (Å²) >= 11 is 0. The highest BCUT2D eigenvalue weighted by atomic mass is 16.2. The molecule has 2 N–H and O–H groups in total. The Hall–Kier alpha value is -1.58. The predicted octanol–water partition coefficient (Wildman–Crippen LogP) is 3.74. The zero-order valence-corrected chi connectivity index (χ0v) is 15.1. The van der Waals surface area contributed by atoms with Crippen LogP contribution in [0.1, 0.15) is 65.7 Å². The van der Waals surface area contributed by atoms with Crippen LogP contribution in [0.5, 0.6) is 0 Å². The van der Waals surface area contributed by atoms with Crippen LogP contribution in [0, 0.1) is 5.41 Å². The van der Waals surface area contributed by atoms with Gasteiger partial charge in [0.2, 0.25) is 11.8 Å². The van der Waals surface area contributed by atoms with E-state index >= 15 is 0 Å². The molecule has 23 heavy (non-hydrogen) atoms. The average Bonchev–Trinajstić information content (AvgIpc) is 2.53. The SMILES string of the molecule is C=CCC(CC=CCCCCCC)(C(=O)NCC)C(=O)NCC. The van der Waals surface area contributed by atoms with Gasteiger partial charge in [0.15, 0.2) is 0 Å². The molecule has 0 unspecified atom stereocenters. The fourth-order valence-electron chi connectivity index (χ4n) is 2.55. The molecule has 0 aromatic rings. The van der Waals surface area contributed by atoms with Gasteiger partial charge in [-0.1, -0.05) is 44.4 Å². The Morgan fingerprint density at radius 2 is 1.52 bits per heavy atom. The Balaban J connectivity index is 4.93. The minimum Gasteiger partial charge on any atom is -0.355 e. The Labute approximate surface area is 141 Å². The second-order valence-electron chi connectivity index (χ2n) is 5.82. The maximum Gasteiger partial charge on any atom is 0.236 e. The Morgan fingerprint density at radius 1 is 0.913 bits per heavy atom. The van der Waals surface area contributed by atoms with E-state index < -0.39 is 5.41 Å². The van der Waals surface area contributed by atoms with Crippen molar-refractivity contribution in [3.8, 4) is 0 Å². The molecule has 0 radical (unpaired) electrons. The van der Waals surface area contributed by atoms with E-state index in [2.05, 4.69) is 30.2 Å². The molecule has 0 rings (SSSR count). The summed E-state index contributed by atoms with van der Waals surface area (Å²) in [5.41, 5.74) is -1.09. The summed E-state index contributed by atoms with van der Waals surface area (Å²) in [7, 11) is 0. The smallest absolute Gasteiger partial charge is 0.236 e. The van der Waals surface area contributed by atoms with Gasteiger partial charge in [-0.2, -0.15) is 0 Å². The summed E-state index contributed by atoms with van der Waals surface area (Å²) in [6.07, 6.45) is 12.3. The molecule has 0 bridgehead atoms. The van der Waals surface area contributed by atoms with Gasteiger partial charge in [-0.25, -0.2) is 0 Å². The van der Waals surface area contributed by atoms with E-state index in [0.717, 1.165) is 12.8 Å². The third-order valence-electron chi connectivity index (χ3n) is 3.89. The van der Waals surface area contributed by atoms with Crippen LogP contribution in [-0.4, -0.2) is 24.9 Å². The zero-order chi connectivity index (χ0) is 17.6. The second-order valence-corrected chi connectivity index (χ2v) is 5.82. The number of nitrogens with one attached hydrogen (secondary N) is 2. The monoisotopic (exact) mass is 322 g/mol. The second kappa shape index (κ2) is 12.9. The van der Waals surface area contributed by atoms with E-state index in [4.69, 9.17) is 0 Å². The van der Waals surface area contributed by atoms with Crippen molar-refractivity contribution in [1.29, 1.82) is 0 Å². The van der Waals surface area contributed by atoms with Crippen molar-refractivity contribution in [2.75, 3.05) is 13.1 Å². The van der Waals surface area contributed by atoms with Crippen LogP contribution in [0.3, 0.4) is 0 Å². The van der Waals surface area contributed by atoms with Crippen molar-refractivity contribution in [2.24, 2.45) is 5.41 Å². The van der Waals surface area contributed by atoms with Gasteiger partial charge in [0, 0.05) is 13.1 Å². The Bertz CT molecular complexity index is 371. The van der Waals surface area contributed by atoms with Crippen LogP contribution in [0.15, 0.2) is 24.8 Å². The Kier molecular flexibility index (Phi) is 12.0. The summed E-state index contributed by atoms with van der Waals surface area (Å²) in [6, 6.07) is 0. The van der Waals surface area contributed by atoms with Gasteiger partial charge in [-0.05, 0) is 39.5 Å². The van der Waals surface area contributed by atoms with Crippen molar-refractivity contribution in [3.63, 3.8) is 0 Å². The molecular formula is C19H34N2O2. The number of amides is 2. The molecule has 0 aliphatic rings. The van der Waals surface area contributed by atoms with E-state index in [1.54, 1.807) is 6.08 Å². The largest absolute Gasteiger partial charge is 0.355 e. The van der Waals surface area contributed by atoms with Gasteiger partial charge in [-0.15, -0.1) is 6.58 Å². The molecule has 0 saturated carbocycles. The maximum atomic E-state index is 12.5. The van der Waals surface area contributed by atoms with E-state index in [1.807, 2.05) is 19.9 Å². The quantitative estimate of drug-likeness (QED) is 0.308. The lowest BCUT2D eigenvalue weighted by Gasteiger charge is -2.29. The third-order valence-corrected chi connectivity index (χ3v) is 3.89. The highest BCUT2D eigenvalue weighted by Crippen LogP contribution is 2.29. The number of hydrogen-bond donors (Lipinski definition) is 2. The minimum atomic E-state index is -1.09. The van der Waals surface area contributed by atoms with Gasteiger partial charge >= 0.3 is 0 Å². The van der Waals surface area contributed by atoms with Crippen LogP contribution in [-0.2, 0) is 9.59 Å². The molecule has 0 heterocycles. The molecule has 0 aliphatic carbocycles. The number of rotatable bonds is 13. The first kappa shape index (κ1) is 21.4. The first-order chi connectivity index (χ1) is 11.1. The molecule has 4 heteroatoms. The van der Waals surface area contributed by atoms with Gasteiger partial charge in [-0.3, -0.25) is 9.59 Å². The van der Waals surface area contributed by atoms with Crippen LogP contribution in [0.2, 0.25) is 0 Å². The summed E-state index contributed by atoms with van der Waals surface area (Å²) in [4.78, 5) is 25.0. The van der Waals surface area contributed by atoms with E-state index in [0.29, 0.717) is 25.9 Å². The van der Waals surface area contributed by atoms with Crippen molar-refractivity contribution in [2.45, 2.75) is 65.7 Å². The molecule has 0 spiro atoms. The van der Waals surface area contributed by atoms with Crippen molar-refractivity contribution in [1.82, 2.24) is 10.6 Å². The summed E-state index contributed by atoms with van der Waals surface area (Å²) in [6.45, 7) is 10.7. The summed E-state index contributed by atoms with van der Waals surface area (Å²) < 4.78 is 0. The van der Waals surface area contributed by atoms with Crippen molar-refractivity contribution in [3.05, 3.63) is 24.8 Å². The number of carbonyl (C=O) groups excluding carboxylic acids is 2. The molecule has 0 atom stereocenters. The van der Waals surface area contributed by atoms with Crippen LogP contribution < -0.4 is 10.6 Å². The lowest BCUT2D eigenvalue weighted by Crippen LogP contribution is -2.51. The van der Waals surface area contributed by atoms with Crippen LogP contribution >= 0.6 is 0 Å². The van der Waals surface area contributed by atoms with Gasteiger partial charge < -0.3 is 10.6 Å². The first-order valence-corrected chi connectivity index (χ1v) is 8.91. The normalized spacial score (nSPS) is 11.4. The van der Waals surface area contributed by atoms with Gasteiger partial charge in [0.1, 0.15) is 5.41 Å². The number of allylic oxidation sites excluding steroid dienone is 3. The molecule has 4 nitrogen and oxygen atoms in total. The molecule has 0 saturated heterocycles. The maximum absolute atomic E-state index is 12.5. The lowest BCUT2D eigenvalue weighted by atomic mass is 9.78. The highest BCUT2D eigenvalue weighted by molar-refractivity contribution is 6.05. The van der Waals surface area contributed by atoms with Crippen molar-refractivity contribution < 1.29 is 9.59 Å². The molecule has 0 aromatic heterocycles. The third kappa shape index (κ3) is 7.49. The Morgan fingerprint density at radius 3 is 2.00 bits per heavy atom. The molecule has 0 aromatic carbocycles. The standard InChI is InChI=1S/C19H34N2O2/c1-5-9-10-11-12-13-14-16-19(15-6-2,17(22)20-7-3)18(23)21-8-4/h6,13-14H,2,5,7-12,15-16H2,1,3-4H3,(H,20,22)(H,21,23). The fraction of sp³-hybridized carbons (Fsp3) is 0.684. The van der Waals surface area contributed by atoms with Crippen LogP contribution in [0.4, 0.5) is 0 Å². The van der Waals surface area contributed by atoms with Gasteiger partial charge in [0.05, 0.1) is 0 Å². The predicted molar refractivity (Wildman–Crippen MR) is 97.1 cm³/mol. The molecular weight excluding hydrogens is 288 g/mol. The average molecular weight is 322 g/mol. The first-order valence-electron chi connectivity index (χ1n) is 8.91. The molecule has 0 fully saturated rings. The summed E-state index contributed by atoms with van der Waals surface area (Å²) in [5, 5.41) is 5.60. The minimum absolute atomic E-state index is 0.221. The molecule has 132 valence electrons. The van der Waals surface area contributed by atoms with Gasteiger partial charge in [0.25, 0.3) is 0 Å². The fourth-order valence-corrected chi connectivity index (χ4v) is 2.55. The topological polar surface area (TPSA) is 58.2 Å². The van der Waals surface area contributed by atoms with Crippen molar-refractivity contribution >= 4 is 11.8 Å². The van der Waals surface area contributed by atoms with E-state index in [-0.39, 0.29) is 11.8 Å². The van der Waals surface area contributed by atoms with E-state index in [1.165, 1.54) is 19.3 Å². The summed E-state index contributed by atoms with van der Waals surface area (Å²) in [5.74, 6) is -0.442. The number of hydrogen-bond acceptors (Lipinski definition) is 2. The van der Waals surface area contributed by atoms with E-state index in [9.17, 15) is 9.59 Å². The molecule has 0 aliphatic heterocycles. The molecule has 2 amide bonds. The highest BCUT2D eigenvalue weighted by Gasteiger charge is 2.43. The zero-order valence-electron chi connectivity index (χ0n) is 15.1. The lowest BCUT2D eigenvalue weighted by molar-refractivity contribution is -0.143. The number of unbranched alkanes of at least 4 members (excludes halogenated alkanes) is 4. The number of carbonyl (C=O) groups is 2.